The first kappa shape index (κ1) is 16.1. The van der Waals surface area contributed by atoms with Gasteiger partial charge in [-0.15, -0.1) is 0 Å². The number of hydrogen-bond donors (Lipinski definition) is 1. The molecule has 0 saturated carbocycles. The number of rotatable bonds is 5. The van der Waals surface area contributed by atoms with E-state index in [0.29, 0.717) is 0 Å². The van der Waals surface area contributed by atoms with E-state index < -0.39 is 0 Å². The maximum absolute atomic E-state index is 5.46. The third kappa shape index (κ3) is 2.86. The predicted octanol–water partition coefficient (Wildman–Crippen LogP) is 4.00. The molecule has 0 aliphatic rings. The Morgan fingerprint density at radius 3 is 2.58 bits per heavy atom. The maximum Gasteiger partial charge on any atom is 0.168 e. The van der Waals surface area contributed by atoms with Crippen molar-refractivity contribution < 1.29 is 4.74 Å². The molecule has 1 N–H and O–H groups in total. The van der Waals surface area contributed by atoms with Gasteiger partial charge in [0.1, 0.15) is 17.9 Å². The number of hydrogen-bond acceptors (Lipinski definition) is 5. The highest BCUT2D eigenvalue weighted by atomic mass is 16.5. The molecule has 4 rings (SSSR count). The number of aromatic nitrogens is 4. The van der Waals surface area contributed by atoms with Crippen LogP contribution in [0.2, 0.25) is 0 Å². The molecule has 2 aromatic carbocycles. The summed E-state index contributed by atoms with van der Waals surface area (Å²) in [7, 11) is 1.68. The average molecular weight is 345 g/mol. The molecular formula is C20H19N5O. The zero-order chi connectivity index (χ0) is 17.9. The van der Waals surface area contributed by atoms with E-state index in [4.69, 9.17) is 4.74 Å². The van der Waals surface area contributed by atoms with Gasteiger partial charge in [-0.2, -0.15) is 5.10 Å². The van der Waals surface area contributed by atoms with Crippen LogP contribution in [0.4, 0.5) is 5.82 Å². The first-order chi connectivity index (χ1) is 12.8. The Hall–Kier alpha value is -3.41. The van der Waals surface area contributed by atoms with Gasteiger partial charge in [-0.25, -0.2) is 14.6 Å². The molecule has 0 fully saturated rings. The predicted molar refractivity (Wildman–Crippen MR) is 102 cm³/mol. The summed E-state index contributed by atoms with van der Waals surface area (Å²) in [6.45, 7) is 2.08. The van der Waals surface area contributed by atoms with Gasteiger partial charge >= 0.3 is 0 Å². The fraction of sp³-hybridized carbons (Fsp3) is 0.150. The third-order valence-electron chi connectivity index (χ3n) is 4.33. The van der Waals surface area contributed by atoms with Crippen LogP contribution in [0.15, 0.2) is 67.1 Å². The highest BCUT2D eigenvalue weighted by Crippen LogP contribution is 2.29. The van der Waals surface area contributed by atoms with Crippen molar-refractivity contribution in [2.75, 3.05) is 12.4 Å². The van der Waals surface area contributed by atoms with Crippen LogP contribution in [0.1, 0.15) is 18.5 Å². The van der Waals surface area contributed by atoms with Gasteiger partial charge in [0.25, 0.3) is 0 Å². The highest BCUT2D eigenvalue weighted by Gasteiger charge is 2.15. The fourth-order valence-corrected chi connectivity index (χ4v) is 3.02. The van der Waals surface area contributed by atoms with Crippen molar-refractivity contribution >= 4 is 16.9 Å². The van der Waals surface area contributed by atoms with Crippen molar-refractivity contribution in [1.82, 2.24) is 19.7 Å². The lowest BCUT2D eigenvalue weighted by atomic mass is 10.1. The summed E-state index contributed by atoms with van der Waals surface area (Å²) in [5.41, 5.74) is 2.79. The number of nitrogens with zero attached hydrogens (tertiary/aromatic N) is 4. The van der Waals surface area contributed by atoms with Crippen LogP contribution >= 0.6 is 0 Å². The fourth-order valence-electron chi connectivity index (χ4n) is 3.02. The lowest BCUT2D eigenvalue weighted by Gasteiger charge is -2.18. The van der Waals surface area contributed by atoms with Gasteiger partial charge in [0.05, 0.1) is 30.4 Å². The Morgan fingerprint density at radius 1 is 1.00 bits per heavy atom. The molecule has 6 heteroatoms. The molecule has 0 spiro atoms. The average Bonchev–Trinajstić information content (AvgIpc) is 3.14. The largest absolute Gasteiger partial charge is 0.496 e. The van der Waals surface area contributed by atoms with E-state index in [-0.39, 0.29) is 6.04 Å². The number of anilines is 1. The molecule has 130 valence electrons. The van der Waals surface area contributed by atoms with Gasteiger partial charge in [0, 0.05) is 5.56 Å². The first-order valence-corrected chi connectivity index (χ1v) is 8.41. The van der Waals surface area contributed by atoms with Gasteiger partial charge in [-0.05, 0) is 25.1 Å². The van der Waals surface area contributed by atoms with Gasteiger partial charge in [0.2, 0.25) is 0 Å². The normalized spacial score (nSPS) is 12.1. The molecule has 6 nitrogen and oxygen atoms in total. The SMILES string of the molecule is COc1ccccc1[C@@H](C)Nc1ncnc2c1cnn2-c1ccccc1. The third-order valence-corrected chi connectivity index (χ3v) is 4.33. The van der Waals surface area contributed by atoms with E-state index >= 15 is 0 Å². The van der Waals surface area contributed by atoms with E-state index in [1.165, 1.54) is 0 Å². The summed E-state index contributed by atoms with van der Waals surface area (Å²) >= 11 is 0. The molecule has 26 heavy (non-hydrogen) atoms. The first-order valence-electron chi connectivity index (χ1n) is 8.41. The van der Waals surface area contributed by atoms with Crippen molar-refractivity contribution in [3.63, 3.8) is 0 Å². The second-order valence-corrected chi connectivity index (χ2v) is 5.96. The Labute approximate surface area is 151 Å². The minimum absolute atomic E-state index is 0.0179. The van der Waals surface area contributed by atoms with Crippen LogP contribution in [-0.2, 0) is 0 Å². The molecule has 0 unspecified atom stereocenters. The minimum atomic E-state index is 0.0179. The van der Waals surface area contributed by atoms with E-state index in [9.17, 15) is 0 Å². The van der Waals surface area contributed by atoms with Crippen molar-refractivity contribution in [3.8, 4) is 11.4 Å². The Bertz CT molecular complexity index is 1030. The number of benzene rings is 2. The number of ether oxygens (including phenoxy) is 1. The Balaban J connectivity index is 1.71. The summed E-state index contributed by atoms with van der Waals surface area (Å²) in [5.74, 6) is 1.59. The number of para-hydroxylation sites is 2. The number of fused-ring (bicyclic) bond motifs is 1. The van der Waals surface area contributed by atoms with Crippen LogP contribution in [0.5, 0.6) is 5.75 Å². The summed E-state index contributed by atoms with van der Waals surface area (Å²) in [6, 6.07) is 17.9. The second-order valence-electron chi connectivity index (χ2n) is 5.96. The smallest absolute Gasteiger partial charge is 0.168 e. The van der Waals surface area contributed by atoms with Gasteiger partial charge in [-0.3, -0.25) is 0 Å². The molecule has 2 aromatic heterocycles. The molecule has 0 aliphatic heterocycles. The van der Waals surface area contributed by atoms with E-state index in [2.05, 4.69) is 27.3 Å². The summed E-state index contributed by atoms with van der Waals surface area (Å²) in [5, 5.41) is 8.82. The van der Waals surface area contributed by atoms with Crippen molar-refractivity contribution in [3.05, 3.63) is 72.7 Å². The summed E-state index contributed by atoms with van der Waals surface area (Å²) < 4.78 is 7.28. The monoisotopic (exact) mass is 345 g/mol. The quantitative estimate of drug-likeness (QED) is 0.592. The van der Waals surface area contributed by atoms with Crippen molar-refractivity contribution in [1.29, 1.82) is 0 Å². The lowest BCUT2D eigenvalue weighted by molar-refractivity contribution is 0.408. The van der Waals surface area contributed by atoms with Gasteiger partial charge < -0.3 is 10.1 Å². The van der Waals surface area contributed by atoms with Crippen LogP contribution in [-0.4, -0.2) is 26.9 Å². The van der Waals surface area contributed by atoms with Gasteiger partial charge in [-0.1, -0.05) is 36.4 Å². The molecule has 1 atom stereocenters. The van der Waals surface area contributed by atoms with Crippen molar-refractivity contribution in [2.45, 2.75) is 13.0 Å². The molecule has 2 heterocycles. The number of nitrogens with one attached hydrogen (secondary N) is 1. The maximum atomic E-state index is 5.46. The molecule has 0 bridgehead atoms. The van der Waals surface area contributed by atoms with Crippen LogP contribution in [0, 0.1) is 0 Å². The topological polar surface area (TPSA) is 64.9 Å². The molecule has 0 radical (unpaired) electrons. The zero-order valence-corrected chi connectivity index (χ0v) is 14.6. The van der Waals surface area contributed by atoms with Gasteiger partial charge in [0.15, 0.2) is 5.65 Å². The standard InChI is InChI=1S/C20H19N5O/c1-14(16-10-6-7-11-18(16)26-2)24-19-17-12-23-25(20(17)22-13-21-19)15-8-4-3-5-9-15/h3-14H,1-2H3,(H,21,22,24)/t14-/m1/s1. The molecule has 0 aliphatic carbocycles. The summed E-state index contributed by atoms with van der Waals surface area (Å²) in [4.78, 5) is 8.84. The van der Waals surface area contributed by atoms with E-state index in [1.54, 1.807) is 19.6 Å². The number of methoxy groups -OCH3 is 1. The van der Waals surface area contributed by atoms with Crippen LogP contribution in [0.25, 0.3) is 16.7 Å². The van der Waals surface area contributed by atoms with E-state index in [0.717, 1.165) is 33.9 Å². The second kappa shape index (κ2) is 6.84. The Morgan fingerprint density at radius 2 is 1.77 bits per heavy atom. The molecule has 4 aromatic rings. The molecule has 0 saturated heterocycles. The molecular weight excluding hydrogens is 326 g/mol. The lowest BCUT2D eigenvalue weighted by Crippen LogP contribution is -2.10. The van der Waals surface area contributed by atoms with Crippen LogP contribution < -0.4 is 10.1 Å². The summed E-state index contributed by atoms with van der Waals surface area (Å²) in [6.07, 6.45) is 3.35. The van der Waals surface area contributed by atoms with Crippen LogP contribution in [0.3, 0.4) is 0 Å². The minimum Gasteiger partial charge on any atom is -0.496 e. The van der Waals surface area contributed by atoms with E-state index in [1.807, 2.05) is 59.3 Å². The Kier molecular flexibility index (Phi) is 4.23. The molecule has 0 amide bonds. The van der Waals surface area contributed by atoms with Crippen molar-refractivity contribution in [2.24, 2.45) is 0 Å². The zero-order valence-electron chi connectivity index (χ0n) is 14.6. The highest BCUT2D eigenvalue weighted by molar-refractivity contribution is 5.87.